The molecule has 2 heterocycles. The summed E-state index contributed by atoms with van der Waals surface area (Å²) in [7, 11) is 0. The lowest BCUT2D eigenvalue weighted by Crippen LogP contribution is -2.52. The van der Waals surface area contributed by atoms with E-state index >= 15 is 0 Å². The molecule has 1 aliphatic heterocycles. The number of aryl methyl sites for hydroxylation is 1. The molecule has 6 heteroatoms. The fraction of sp³-hybridized carbons (Fsp3) is 0.286. The fourth-order valence-electron chi connectivity index (χ4n) is 7.43. The molecule has 204 valence electrons. The number of aliphatic hydroxyl groups excluding tert-OH is 1. The van der Waals surface area contributed by atoms with E-state index < -0.39 is 41.2 Å². The van der Waals surface area contributed by atoms with Gasteiger partial charge in [-0.2, -0.15) is 10.5 Å². The third kappa shape index (κ3) is 4.06. The molecule has 2 aliphatic rings. The number of hydrogen-bond donors (Lipinski definition) is 1. The number of ether oxygens (including phenoxy) is 1. The SMILES string of the molecule is CCOC(=O)/C=C/[C@@H]1[C@H](O)[C@H]2C(c3cc4cc(C)ccc4n3[C@@H]2c2ccccc2)C(C#N)(C#N)[C@H]1c1ccccc1. The average Bonchev–Trinajstić information content (AvgIpc) is 3.52. The zero-order valence-electron chi connectivity index (χ0n) is 23.0. The summed E-state index contributed by atoms with van der Waals surface area (Å²) in [6.45, 7) is 4.00. The normalized spacial score (nSPS) is 26.2. The van der Waals surface area contributed by atoms with E-state index in [9.17, 15) is 20.4 Å². The first kappa shape index (κ1) is 26.6. The molecule has 1 aromatic heterocycles. The molecular formula is C35H31N3O3. The summed E-state index contributed by atoms with van der Waals surface area (Å²) in [5, 5.41) is 35.4. The van der Waals surface area contributed by atoms with Crippen LogP contribution in [-0.2, 0) is 9.53 Å². The summed E-state index contributed by atoms with van der Waals surface area (Å²) in [5.41, 5.74) is 3.24. The number of fused-ring (bicyclic) bond motifs is 5. The van der Waals surface area contributed by atoms with E-state index in [-0.39, 0.29) is 12.6 Å². The zero-order valence-corrected chi connectivity index (χ0v) is 23.0. The van der Waals surface area contributed by atoms with Crippen LogP contribution in [0.3, 0.4) is 0 Å². The van der Waals surface area contributed by atoms with Crippen molar-refractivity contribution in [3.8, 4) is 12.1 Å². The predicted octanol–water partition coefficient (Wildman–Crippen LogP) is 6.18. The Hall–Kier alpha value is -4.65. The first-order valence-electron chi connectivity index (χ1n) is 14.0. The van der Waals surface area contributed by atoms with Crippen molar-refractivity contribution in [3.05, 3.63) is 119 Å². The molecule has 3 aromatic carbocycles. The zero-order chi connectivity index (χ0) is 28.7. The Balaban J connectivity index is 1.65. The van der Waals surface area contributed by atoms with Crippen LogP contribution in [-0.4, -0.2) is 28.4 Å². The van der Waals surface area contributed by atoms with Gasteiger partial charge in [0, 0.05) is 46.3 Å². The summed E-state index contributed by atoms with van der Waals surface area (Å²) >= 11 is 0. The Morgan fingerprint density at radius 3 is 2.27 bits per heavy atom. The lowest BCUT2D eigenvalue weighted by Gasteiger charge is -2.50. The van der Waals surface area contributed by atoms with Crippen LogP contribution in [0.15, 0.2) is 97.1 Å². The average molecular weight is 542 g/mol. The van der Waals surface area contributed by atoms with Crippen molar-refractivity contribution in [2.24, 2.45) is 17.3 Å². The molecule has 0 bridgehead atoms. The molecular weight excluding hydrogens is 510 g/mol. The van der Waals surface area contributed by atoms with Gasteiger partial charge in [0.1, 0.15) is 0 Å². The summed E-state index contributed by atoms with van der Waals surface area (Å²) in [5.74, 6) is -2.97. The molecule has 6 rings (SSSR count). The van der Waals surface area contributed by atoms with E-state index in [1.165, 1.54) is 6.08 Å². The molecule has 0 amide bonds. The fourth-order valence-corrected chi connectivity index (χ4v) is 7.43. The van der Waals surface area contributed by atoms with E-state index in [4.69, 9.17) is 4.74 Å². The second-order valence-electron chi connectivity index (χ2n) is 11.1. The van der Waals surface area contributed by atoms with Crippen molar-refractivity contribution in [2.75, 3.05) is 6.61 Å². The summed E-state index contributed by atoms with van der Waals surface area (Å²) in [6, 6.07) is 32.4. The van der Waals surface area contributed by atoms with Crippen molar-refractivity contribution in [1.29, 1.82) is 10.5 Å². The van der Waals surface area contributed by atoms with Gasteiger partial charge in [0.2, 0.25) is 0 Å². The van der Waals surface area contributed by atoms with Crippen molar-refractivity contribution in [3.63, 3.8) is 0 Å². The molecule has 4 aromatic rings. The van der Waals surface area contributed by atoms with Gasteiger partial charge < -0.3 is 14.4 Å². The second kappa shape index (κ2) is 10.4. The smallest absolute Gasteiger partial charge is 0.330 e. The minimum atomic E-state index is -1.53. The number of carbonyl (C=O) groups excluding carboxylic acids is 1. The van der Waals surface area contributed by atoms with Gasteiger partial charge >= 0.3 is 5.97 Å². The number of hydrogen-bond acceptors (Lipinski definition) is 5. The Labute approximate surface area is 239 Å². The van der Waals surface area contributed by atoms with Crippen LogP contribution in [0.5, 0.6) is 0 Å². The predicted molar refractivity (Wildman–Crippen MR) is 156 cm³/mol. The van der Waals surface area contributed by atoms with Crippen LogP contribution in [0.4, 0.5) is 0 Å². The lowest BCUT2D eigenvalue weighted by atomic mass is 9.50. The molecule has 0 radical (unpaired) electrons. The number of carbonyl (C=O) groups is 1. The van der Waals surface area contributed by atoms with Gasteiger partial charge in [-0.05, 0) is 43.2 Å². The van der Waals surface area contributed by atoms with E-state index in [2.05, 4.69) is 41.0 Å². The van der Waals surface area contributed by atoms with Gasteiger partial charge in [-0.15, -0.1) is 0 Å². The van der Waals surface area contributed by atoms with Crippen molar-refractivity contribution in [1.82, 2.24) is 4.57 Å². The Morgan fingerprint density at radius 2 is 1.63 bits per heavy atom. The molecule has 1 saturated carbocycles. The highest BCUT2D eigenvalue weighted by atomic mass is 16.5. The minimum absolute atomic E-state index is 0.224. The van der Waals surface area contributed by atoms with E-state index in [0.29, 0.717) is 0 Å². The summed E-state index contributed by atoms with van der Waals surface area (Å²) in [4.78, 5) is 12.4. The van der Waals surface area contributed by atoms with Gasteiger partial charge in [0.25, 0.3) is 0 Å². The third-order valence-corrected chi connectivity index (χ3v) is 8.94. The van der Waals surface area contributed by atoms with Crippen LogP contribution in [0.1, 0.15) is 47.2 Å². The van der Waals surface area contributed by atoms with Crippen LogP contribution in [0.2, 0.25) is 0 Å². The van der Waals surface area contributed by atoms with Crippen molar-refractivity contribution >= 4 is 16.9 Å². The highest BCUT2D eigenvalue weighted by molar-refractivity contribution is 5.84. The Bertz CT molecular complexity index is 1700. The molecule has 1 aliphatic carbocycles. The van der Waals surface area contributed by atoms with Gasteiger partial charge in [-0.25, -0.2) is 4.79 Å². The molecule has 1 N–H and O–H groups in total. The highest BCUT2D eigenvalue weighted by Crippen LogP contribution is 2.66. The number of benzene rings is 3. The van der Waals surface area contributed by atoms with Crippen molar-refractivity contribution < 1.29 is 14.6 Å². The topological polar surface area (TPSA) is 99.0 Å². The van der Waals surface area contributed by atoms with Gasteiger partial charge in [0.15, 0.2) is 5.41 Å². The molecule has 0 spiro atoms. The number of nitriles is 2. The lowest BCUT2D eigenvalue weighted by molar-refractivity contribution is -0.137. The summed E-state index contributed by atoms with van der Waals surface area (Å²) < 4.78 is 7.37. The Kier molecular flexibility index (Phi) is 6.73. The highest BCUT2D eigenvalue weighted by Gasteiger charge is 2.65. The molecule has 1 unspecified atom stereocenters. The largest absolute Gasteiger partial charge is 0.463 e. The maximum Gasteiger partial charge on any atom is 0.330 e. The first-order valence-corrected chi connectivity index (χ1v) is 14.0. The molecule has 1 fully saturated rings. The Morgan fingerprint density at radius 1 is 0.976 bits per heavy atom. The van der Waals surface area contributed by atoms with Gasteiger partial charge in [-0.3, -0.25) is 0 Å². The standard InChI is InChI=1S/C35H31N3O3/c1-3-41-29(39)17-15-26-31(23-10-6-4-7-11-23)35(20-36,21-37)32-28-19-25-18-22(2)14-16-27(25)38(28)33(30(32)34(26)40)24-12-8-5-9-13-24/h4-19,26,30-34,40H,3H2,1-2H3/b17-15+/t26-,30-,31-,32?,33+,34-/m0/s1. The molecule has 6 atom stereocenters. The number of aromatic nitrogens is 1. The molecule has 41 heavy (non-hydrogen) atoms. The van der Waals surface area contributed by atoms with E-state index in [1.807, 2.05) is 67.6 Å². The van der Waals surface area contributed by atoms with Gasteiger partial charge in [-0.1, -0.05) is 78.4 Å². The molecule has 6 nitrogen and oxygen atoms in total. The number of esters is 1. The van der Waals surface area contributed by atoms with Crippen molar-refractivity contribution in [2.45, 2.75) is 37.8 Å². The second-order valence-corrected chi connectivity index (χ2v) is 11.1. The maximum atomic E-state index is 12.4. The number of nitrogens with zero attached hydrogens (tertiary/aromatic N) is 3. The number of aliphatic hydroxyl groups is 1. The summed E-state index contributed by atoms with van der Waals surface area (Å²) in [6.07, 6.45) is 2.02. The number of rotatable bonds is 5. The maximum absolute atomic E-state index is 12.4. The van der Waals surface area contributed by atoms with Gasteiger partial charge in [0.05, 0.1) is 30.9 Å². The molecule has 0 saturated heterocycles. The van der Waals surface area contributed by atoms with Crippen LogP contribution in [0.25, 0.3) is 10.9 Å². The van der Waals surface area contributed by atoms with Crippen LogP contribution in [0, 0.1) is 46.8 Å². The monoisotopic (exact) mass is 541 g/mol. The third-order valence-electron chi connectivity index (χ3n) is 8.94. The van der Waals surface area contributed by atoms with E-state index in [0.717, 1.165) is 33.3 Å². The minimum Gasteiger partial charge on any atom is -0.463 e. The van der Waals surface area contributed by atoms with E-state index in [1.54, 1.807) is 13.0 Å². The van der Waals surface area contributed by atoms with Crippen LogP contribution < -0.4 is 0 Å². The van der Waals surface area contributed by atoms with Crippen LogP contribution >= 0.6 is 0 Å². The quantitative estimate of drug-likeness (QED) is 0.240. The first-order chi connectivity index (χ1) is 19.9.